The van der Waals surface area contributed by atoms with E-state index < -0.39 is 5.97 Å². The van der Waals surface area contributed by atoms with Crippen LogP contribution in [-0.2, 0) is 6.54 Å². The number of aromatic carboxylic acids is 1. The number of carboxylic acid groups (broad SMARTS) is 1. The van der Waals surface area contributed by atoms with Gasteiger partial charge >= 0.3 is 5.97 Å². The van der Waals surface area contributed by atoms with E-state index in [-0.39, 0.29) is 5.56 Å². The van der Waals surface area contributed by atoms with Crippen LogP contribution >= 0.6 is 11.3 Å². The molecule has 6 heteroatoms. The Hall–Kier alpha value is -2.21. The average molecular weight is 259 g/mol. The maximum absolute atomic E-state index is 10.9. The summed E-state index contributed by atoms with van der Waals surface area (Å²) in [5.41, 5.74) is 1.69. The fraction of sp³-hybridized carbons (Fsp3) is 0.0833. The minimum absolute atomic E-state index is 0.247. The molecule has 18 heavy (non-hydrogen) atoms. The van der Waals surface area contributed by atoms with Gasteiger partial charge in [0.25, 0.3) is 0 Å². The van der Waals surface area contributed by atoms with Crippen molar-refractivity contribution in [3.05, 3.63) is 46.2 Å². The molecule has 0 atom stereocenters. The number of carboxylic acids is 1. The third kappa shape index (κ3) is 1.86. The van der Waals surface area contributed by atoms with Gasteiger partial charge in [0, 0.05) is 4.88 Å². The number of hydrogen-bond donors (Lipinski definition) is 1. The molecule has 0 fully saturated rings. The van der Waals surface area contributed by atoms with E-state index in [4.69, 9.17) is 5.11 Å². The van der Waals surface area contributed by atoms with Crippen molar-refractivity contribution in [1.82, 2.24) is 15.0 Å². The minimum Gasteiger partial charge on any atom is -0.478 e. The van der Waals surface area contributed by atoms with Crippen LogP contribution in [0.5, 0.6) is 0 Å². The van der Waals surface area contributed by atoms with Gasteiger partial charge in [-0.3, -0.25) is 0 Å². The third-order valence-corrected chi connectivity index (χ3v) is 3.51. The molecule has 0 amide bonds. The summed E-state index contributed by atoms with van der Waals surface area (Å²) in [5, 5.41) is 19.1. The van der Waals surface area contributed by atoms with Gasteiger partial charge in [0.2, 0.25) is 0 Å². The van der Waals surface area contributed by atoms with Gasteiger partial charge in [-0.1, -0.05) is 11.3 Å². The summed E-state index contributed by atoms with van der Waals surface area (Å²) < 4.78 is 1.72. The first-order valence-electron chi connectivity index (χ1n) is 5.33. The van der Waals surface area contributed by atoms with Crippen LogP contribution in [0.25, 0.3) is 11.0 Å². The molecule has 1 aromatic carbocycles. The van der Waals surface area contributed by atoms with Gasteiger partial charge in [0.05, 0.1) is 17.6 Å². The zero-order valence-corrected chi connectivity index (χ0v) is 10.1. The monoisotopic (exact) mass is 259 g/mol. The van der Waals surface area contributed by atoms with Crippen LogP contribution in [0.2, 0.25) is 0 Å². The van der Waals surface area contributed by atoms with E-state index in [1.54, 1.807) is 28.2 Å². The number of rotatable bonds is 3. The first-order valence-corrected chi connectivity index (χ1v) is 6.21. The standard InChI is InChI=1S/C12H9N3O2S/c16-12(17)8-3-4-10-11(6-8)15(14-13-10)7-9-2-1-5-18-9/h1-6H,7H2,(H,16,17). The molecular formula is C12H9N3O2S. The summed E-state index contributed by atoms with van der Waals surface area (Å²) in [5.74, 6) is -0.944. The molecule has 3 aromatic rings. The van der Waals surface area contributed by atoms with Crippen LogP contribution in [0.3, 0.4) is 0 Å². The lowest BCUT2D eigenvalue weighted by Crippen LogP contribution is -2.01. The third-order valence-electron chi connectivity index (χ3n) is 2.65. The van der Waals surface area contributed by atoms with Crippen molar-refractivity contribution in [1.29, 1.82) is 0 Å². The first kappa shape index (κ1) is 10.9. The molecule has 0 saturated heterocycles. The lowest BCUT2D eigenvalue weighted by atomic mass is 10.2. The number of hydrogen-bond acceptors (Lipinski definition) is 4. The van der Waals surface area contributed by atoms with Gasteiger partial charge in [0.15, 0.2) is 0 Å². The molecule has 5 nitrogen and oxygen atoms in total. The van der Waals surface area contributed by atoms with Gasteiger partial charge in [-0.05, 0) is 29.6 Å². The number of benzene rings is 1. The second-order valence-corrected chi connectivity index (χ2v) is 4.87. The lowest BCUT2D eigenvalue weighted by Gasteiger charge is -2.00. The molecule has 2 heterocycles. The van der Waals surface area contributed by atoms with Gasteiger partial charge in [-0.25, -0.2) is 9.48 Å². The summed E-state index contributed by atoms with van der Waals surface area (Å²) in [6.07, 6.45) is 0. The molecule has 0 spiro atoms. The molecule has 90 valence electrons. The van der Waals surface area contributed by atoms with Crippen molar-refractivity contribution in [2.45, 2.75) is 6.54 Å². The molecule has 0 bridgehead atoms. The van der Waals surface area contributed by atoms with Gasteiger partial charge < -0.3 is 5.11 Å². The summed E-state index contributed by atoms with van der Waals surface area (Å²) in [6.45, 7) is 0.608. The van der Waals surface area contributed by atoms with Crippen molar-refractivity contribution in [3.8, 4) is 0 Å². The molecule has 0 radical (unpaired) electrons. The summed E-state index contributed by atoms with van der Waals surface area (Å²) in [4.78, 5) is 12.1. The highest BCUT2D eigenvalue weighted by Crippen LogP contribution is 2.17. The molecule has 2 aromatic heterocycles. The predicted molar refractivity (Wildman–Crippen MR) is 67.9 cm³/mol. The van der Waals surface area contributed by atoms with Crippen LogP contribution < -0.4 is 0 Å². The summed E-state index contributed by atoms with van der Waals surface area (Å²) in [6, 6.07) is 8.80. The Labute approximate surface area is 106 Å². The fourth-order valence-corrected chi connectivity index (χ4v) is 2.45. The van der Waals surface area contributed by atoms with Crippen LogP contribution in [0.15, 0.2) is 35.7 Å². The van der Waals surface area contributed by atoms with Crippen LogP contribution in [0.1, 0.15) is 15.2 Å². The molecule has 0 saturated carbocycles. The highest BCUT2D eigenvalue weighted by molar-refractivity contribution is 7.09. The Bertz CT molecular complexity index is 703. The van der Waals surface area contributed by atoms with Crippen LogP contribution in [0.4, 0.5) is 0 Å². The SMILES string of the molecule is O=C(O)c1ccc2nnn(Cc3cccs3)c2c1. The predicted octanol–water partition coefficient (Wildman–Crippen LogP) is 2.24. The molecule has 1 N–H and O–H groups in total. The van der Waals surface area contributed by atoms with Gasteiger partial charge in [-0.2, -0.15) is 0 Å². The van der Waals surface area contributed by atoms with Crippen LogP contribution in [-0.4, -0.2) is 26.1 Å². The molecular weight excluding hydrogens is 250 g/mol. The number of fused-ring (bicyclic) bond motifs is 1. The number of carbonyl (C=O) groups is 1. The zero-order valence-electron chi connectivity index (χ0n) is 9.28. The summed E-state index contributed by atoms with van der Waals surface area (Å²) in [7, 11) is 0. The maximum Gasteiger partial charge on any atom is 0.335 e. The van der Waals surface area contributed by atoms with Crippen molar-refractivity contribution in [2.24, 2.45) is 0 Å². The van der Waals surface area contributed by atoms with E-state index in [1.807, 2.05) is 17.5 Å². The molecule has 3 rings (SSSR count). The number of aromatic nitrogens is 3. The summed E-state index contributed by atoms with van der Waals surface area (Å²) >= 11 is 1.64. The highest BCUT2D eigenvalue weighted by Gasteiger charge is 2.09. The first-order chi connectivity index (χ1) is 8.74. The quantitative estimate of drug-likeness (QED) is 0.783. The lowest BCUT2D eigenvalue weighted by molar-refractivity contribution is 0.0697. The van der Waals surface area contributed by atoms with E-state index in [2.05, 4.69) is 10.3 Å². The van der Waals surface area contributed by atoms with Gasteiger partial charge in [0.1, 0.15) is 5.52 Å². The second kappa shape index (κ2) is 4.23. The van der Waals surface area contributed by atoms with Crippen molar-refractivity contribution in [3.63, 3.8) is 0 Å². The van der Waals surface area contributed by atoms with E-state index >= 15 is 0 Å². The fourth-order valence-electron chi connectivity index (χ4n) is 1.77. The minimum atomic E-state index is -0.944. The maximum atomic E-state index is 10.9. The molecule has 0 aliphatic heterocycles. The number of nitrogens with zero attached hydrogens (tertiary/aromatic N) is 3. The van der Waals surface area contributed by atoms with Crippen molar-refractivity contribution in [2.75, 3.05) is 0 Å². The molecule has 0 aliphatic rings. The number of thiophene rings is 1. The highest BCUT2D eigenvalue weighted by atomic mass is 32.1. The Morgan fingerprint density at radius 3 is 3.00 bits per heavy atom. The second-order valence-electron chi connectivity index (χ2n) is 3.84. The average Bonchev–Trinajstić information content (AvgIpc) is 2.99. The van der Waals surface area contributed by atoms with Crippen molar-refractivity contribution >= 4 is 28.3 Å². The van der Waals surface area contributed by atoms with Gasteiger partial charge in [-0.15, -0.1) is 16.4 Å². The normalized spacial score (nSPS) is 10.9. The zero-order chi connectivity index (χ0) is 12.5. The smallest absolute Gasteiger partial charge is 0.335 e. The van der Waals surface area contributed by atoms with E-state index in [0.717, 1.165) is 10.4 Å². The Kier molecular flexibility index (Phi) is 2.56. The van der Waals surface area contributed by atoms with Crippen molar-refractivity contribution < 1.29 is 9.90 Å². The van der Waals surface area contributed by atoms with Crippen LogP contribution in [0, 0.1) is 0 Å². The largest absolute Gasteiger partial charge is 0.478 e. The van der Waals surface area contributed by atoms with E-state index in [9.17, 15) is 4.79 Å². The Balaban J connectivity index is 2.06. The topological polar surface area (TPSA) is 68.0 Å². The van der Waals surface area contributed by atoms with E-state index in [0.29, 0.717) is 12.1 Å². The Morgan fingerprint density at radius 2 is 2.28 bits per heavy atom. The molecule has 0 aliphatic carbocycles. The van der Waals surface area contributed by atoms with E-state index in [1.165, 1.54) is 6.07 Å². The Morgan fingerprint density at radius 1 is 1.39 bits per heavy atom. The molecule has 0 unspecified atom stereocenters.